The first-order chi connectivity index (χ1) is 13.1. The third-order valence-electron chi connectivity index (χ3n) is 5.71. The largest absolute Gasteiger partial charge is 0.490 e. The van der Waals surface area contributed by atoms with Crippen LogP contribution in [0.25, 0.3) is 0 Å². The molecule has 0 heterocycles. The van der Waals surface area contributed by atoms with E-state index in [1.165, 1.54) is 0 Å². The Morgan fingerprint density at radius 2 is 1.78 bits per heavy atom. The highest BCUT2D eigenvalue weighted by Crippen LogP contribution is 2.45. The van der Waals surface area contributed by atoms with Crippen molar-refractivity contribution in [1.29, 1.82) is 5.26 Å². The van der Waals surface area contributed by atoms with E-state index in [0.29, 0.717) is 17.4 Å². The number of halogens is 1. The molecular weight excluding hydrogens is 404 g/mol. The summed E-state index contributed by atoms with van der Waals surface area (Å²) in [6.07, 6.45) is 4.32. The van der Waals surface area contributed by atoms with Crippen LogP contribution in [0.2, 0.25) is 0 Å². The number of hydrogen-bond donors (Lipinski definition) is 1. The van der Waals surface area contributed by atoms with Crippen molar-refractivity contribution in [1.82, 2.24) is 5.32 Å². The van der Waals surface area contributed by atoms with Crippen molar-refractivity contribution < 1.29 is 9.53 Å². The molecule has 2 aromatic carbocycles. The van der Waals surface area contributed by atoms with Crippen LogP contribution in [0.15, 0.2) is 53.0 Å². The minimum Gasteiger partial charge on any atom is -0.490 e. The summed E-state index contributed by atoms with van der Waals surface area (Å²) in [5.74, 6) is 2.05. The van der Waals surface area contributed by atoms with E-state index < -0.39 is 0 Å². The number of nitriles is 1. The second-order valence-electron chi connectivity index (χ2n) is 7.49. The first-order valence-electron chi connectivity index (χ1n) is 9.34. The van der Waals surface area contributed by atoms with Crippen molar-refractivity contribution in [2.75, 3.05) is 0 Å². The number of nitrogens with zero attached hydrogens (tertiary/aromatic N) is 1. The molecule has 4 nitrogen and oxygen atoms in total. The molecule has 0 radical (unpaired) electrons. The fourth-order valence-electron chi connectivity index (χ4n) is 4.49. The molecule has 1 N–H and O–H groups in total. The number of carbonyl (C=O) groups is 1. The number of hydrogen-bond acceptors (Lipinski definition) is 3. The average Bonchev–Trinajstić information content (AvgIpc) is 3.20. The molecule has 2 aromatic rings. The van der Waals surface area contributed by atoms with Crippen LogP contribution in [0, 0.1) is 23.2 Å². The van der Waals surface area contributed by atoms with Crippen LogP contribution in [0.4, 0.5) is 0 Å². The first-order valence-corrected chi connectivity index (χ1v) is 10.1. The summed E-state index contributed by atoms with van der Waals surface area (Å²) < 4.78 is 6.92. The van der Waals surface area contributed by atoms with Gasteiger partial charge in [-0.1, -0.05) is 18.2 Å². The van der Waals surface area contributed by atoms with Crippen molar-refractivity contribution in [2.24, 2.45) is 11.8 Å². The molecule has 2 aliphatic carbocycles. The van der Waals surface area contributed by atoms with Gasteiger partial charge in [0.1, 0.15) is 11.8 Å². The summed E-state index contributed by atoms with van der Waals surface area (Å²) in [6.45, 7) is 0. The molecule has 2 aliphatic rings. The lowest BCUT2D eigenvalue weighted by atomic mass is 10.0. The van der Waals surface area contributed by atoms with E-state index >= 15 is 0 Å². The van der Waals surface area contributed by atoms with Crippen LogP contribution in [-0.2, 0) is 0 Å². The van der Waals surface area contributed by atoms with Crippen molar-refractivity contribution in [3.63, 3.8) is 0 Å². The summed E-state index contributed by atoms with van der Waals surface area (Å²) in [6, 6.07) is 17.3. The topological polar surface area (TPSA) is 62.1 Å². The average molecular weight is 425 g/mol. The molecule has 0 saturated heterocycles. The molecule has 1 amide bonds. The van der Waals surface area contributed by atoms with Crippen LogP contribution in [0.1, 0.15) is 41.6 Å². The van der Waals surface area contributed by atoms with Crippen LogP contribution < -0.4 is 10.1 Å². The zero-order chi connectivity index (χ0) is 18.8. The second-order valence-corrected chi connectivity index (χ2v) is 8.35. The zero-order valence-corrected chi connectivity index (χ0v) is 16.5. The minimum atomic E-state index is 0.0239. The van der Waals surface area contributed by atoms with Gasteiger partial charge in [-0.25, -0.2) is 0 Å². The van der Waals surface area contributed by atoms with E-state index in [4.69, 9.17) is 10.00 Å². The van der Waals surface area contributed by atoms with Crippen molar-refractivity contribution in [3.8, 4) is 11.8 Å². The molecule has 2 saturated carbocycles. The smallest absolute Gasteiger partial charge is 0.251 e. The fraction of sp³-hybridized carbons (Fsp3) is 0.364. The maximum Gasteiger partial charge on any atom is 0.251 e. The Morgan fingerprint density at radius 3 is 2.41 bits per heavy atom. The normalized spacial score (nSPS) is 26.2. The second kappa shape index (κ2) is 7.74. The monoisotopic (exact) mass is 424 g/mol. The summed E-state index contributed by atoms with van der Waals surface area (Å²) >= 11 is 3.41. The van der Waals surface area contributed by atoms with Gasteiger partial charge in [0.05, 0.1) is 11.7 Å². The summed E-state index contributed by atoms with van der Waals surface area (Å²) in [7, 11) is 0. The van der Waals surface area contributed by atoms with Gasteiger partial charge >= 0.3 is 0 Å². The van der Waals surface area contributed by atoms with Crippen molar-refractivity contribution >= 4 is 21.8 Å². The number of benzene rings is 2. The van der Waals surface area contributed by atoms with E-state index in [1.807, 2.05) is 42.5 Å². The number of carbonyl (C=O) groups excluding carboxylic acids is 1. The Balaban J connectivity index is 1.30. The maximum atomic E-state index is 12.3. The molecule has 4 rings (SSSR count). The predicted octanol–water partition coefficient (Wildman–Crippen LogP) is 4.69. The summed E-state index contributed by atoms with van der Waals surface area (Å²) in [5, 5.41) is 12.2. The molecule has 138 valence electrons. The van der Waals surface area contributed by atoms with Gasteiger partial charge in [-0.3, -0.25) is 4.79 Å². The standard InChI is InChI=1S/C22H21BrN2O2/c23-21-12-19(7-6-15(21)13-24)27-20-10-16-8-18(9-17(16)11-20)25-22(26)14-4-2-1-3-5-14/h1-7,12,16-18,20H,8-11H2,(H,25,26). The molecule has 0 aromatic heterocycles. The number of rotatable bonds is 4. The number of nitrogens with one attached hydrogen (secondary N) is 1. The molecule has 0 bridgehead atoms. The zero-order valence-electron chi connectivity index (χ0n) is 14.9. The quantitative estimate of drug-likeness (QED) is 0.774. The van der Waals surface area contributed by atoms with Crippen LogP contribution in [-0.4, -0.2) is 18.1 Å². The molecule has 5 heteroatoms. The van der Waals surface area contributed by atoms with Crippen molar-refractivity contribution in [2.45, 2.75) is 37.8 Å². The summed E-state index contributed by atoms with van der Waals surface area (Å²) in [5.41, 5.74) is 1.34. The van der Waals surface area contributed by atoms with Crippen LogP contribution in [0.5, 0.6) is 5.75 Å². The molecule has 2 fully saturated rings. The third-order valence-corrected chi connectivity index (χ3v) is 6.36. The van der Waals surface area contributed by atoms with Crippen LogP contribution >= 0.6 is 15.9 Å². The highest BCUT2D eigenvalue weighted by Gasteiger charge is 2.43. The van der Waals surface area contributed by atoms with Crippen LogP contribution in [0.3, 0.4) is 0 Å². The Bertz CT molecular complexity index is 864. The number of fused-ring (bicyclic) bond motifs is 1. The Labute approximate surface area is 167 Å². The lowest BCUT2D eigenvalue weighted by Gasteiger charge is -2.18. The van der Waals surface area contributed by atoms with E-state index in [-0.39, 0.29) is 18.1 Å². The van der Waals surface area contributed by atoms with E-state index in [0.717, 1.165) is 41.5 Å². The van der Waals surface area contributed by atoms with E-state index in [2.05, 4.69) is 27.3 Å². The third kappa shape index (κ3) is 4.01. The first kappa shape index (κ1) is 18.1. The molecule has 2 unspecified atom stereocenters. The number of amides is 1. The highest BCUT2D eigenvalue weighted by molar-refractivity contribution is 9.10. The minimum absolute atomic E-state index is 0.0239. The SMILES string of the molecule is N#Cc1ccc(OC2CC3CC(NC(=O)c4ccccc4)CC3C2)cc1Br. The molecular formula is C22H21BrN2O2. The number of ether oxygens (including phenoxy) is 1. The molecule has 0 aliphatic heterocycles. The van der Waals surface area contributed by atoms with Gasteiger partial charge in [-0.15, -0.1) is 0 Å². The fourth-order valence-corrected chi connectivity index (χ4v) is 4.93. The van der Waals surface area contributed by atoms with Gasteiger partial charge in [-0.2, -0.15) is 5.26 Å². The van der Waals surface area contributed by atoms with Gasteiger partial charge in [0.2, 0.25) is 0 Å². The predicted molar refractivity (Wildman–Crippen MR) is 106 cm³/mol. The Morgan fingerprint density at radius 1 is 1.07 bits per heavy atom. The Hall–Kier alpha value is -2.32. The van der Waals surface area contributed by atoms with Gasteiger partial charge in [0.15, 0.2) is 0 Å². The lowest BCUT2D eigenvalue weighted by Crippen LogP contribution is -2.33. The molecule has 2 atom stereocenters. The van der Waals surface area contributed by atoms with E-state index in [1.54, 1.807) is 6.07 Å². The molecule has 0 spiro atoms. The maximum absolute atomic E-state index is 12.3. The van der Waals surface area contributed by atoms with Crippen molar-refractivity contribution in [3.05, 3.63) is 64.1 Å². The summed E-state index contributed by atoms with van der Waals surface area (Å²) in [4.78, 5) is 12.3. The van der Waals surface area contributed by atoms with E-state index in [9.17, 15) is 4.79 Å². The lowest BCUT2D eigenvalue weighted by molar-refractivity contribution is 0.0935. The van der Waals surface area contributed by atoms with Gasteiger partial charge in [0.25, 0.3) is 5.91 Å². The van der Waals surface area contributed by atoms with Gasteiger partial charge in [0, 0.05) is 16.1 Å². The Kier molecular flexibility index (Phi) is 5.18. The van der Waals surface area contributed by atoms with Gasteiger partial charge < -0.3 is 10.1 Å². The molecule has 27 heavy (non-hydrogen) atoms. The highest BCUT2D eigenvalue weighted by atomic mass is 79.9. The van der Waals surface area contributed by atoms with Gasteiger partial charge in [-0.05, 0) is 83.8 Å².